The Hall–Kier alpha value is -2.95. The molecular weight excluding hydrogens is 312 g/mol. The molecule has 0 fully saturated rings. The molecule has 1 heterocycles. The smallest absolute Gasteiger partial charge is 0.224 e. The molecule has 126 valence electrons. The minimum Gasteiger partial charge on any atom is -0.368 e. The van der Waals surface area contributed by atoms with E-state index >= 15 is 0 Å². The molecule has 5 heteroatoms. The third kappa shape index (κ3) is 3.31. The van der Waals surface area contributed by atoms with Gasteiger partial charge < -0.3 is 11.1 Å². The molecule has 1 amide bonds. The van der Waals surface area contributed by atoms with Crippen LogP contribution in [0.1, 0.15) is 23.2 Å². The van der Waals surface area contributed by atoms with Gasteiger partial charge >= 0.3 is 0 Å². The summed E-state index contributed by atoms with van der Waals surface area (Å²) in [5, 5.41) is 5.46. The van der Waals surface area contributed by atoms with Crippen LogP contribution in [0.3, 0.4) is 0 Å². The summed E-state index contributed by atoms with van der Waals surface area (Å²) < 4.78 is 0. The van der Waals surface area contributed by atoms with Gasteiger partial charge in [-0.3, -0.25) is 4.79 Å². The Morgan fingerprint density at radius 1 is 1.20 bits per heavy atom. The van der Waals surface area contributed by atoms with Gasteiger partial charge in [-0.25, -0.2) is 9.97 Å². The lowest BCUT2D eigenvalue weighted by Crippen LogP contribution is -2.40. The van der Waals surface area contributed by atoms with Crippen LogP contribution in [0.5, 0.6) is 0 Å². The number of nitrogens with one attached hydrogen (secondary N) is 1. The lowest BCUT2D eigenvalue weighted by atomic mass is 9.92. The van der Waals surface area contributed by atoms with Gasteiger partial charge in [0.2, 0.25) is 11.9 Å². The minimum atomic E-state index is 0.0566. The van der Waals surface area contributed by atoms with E-state index in [0.717, 1.165) is 46.9 Å². The predicted molar refractivity (Wildman–Crippen MR) is 98.1 cm³/mol. The predicted octanol–water partition coefficient (Wildman–Crippen LogP) is 2.43. The van der Waals surface area contributed by atoms with Crippen molar-refractivity contribution >= 4 is 22.6 Å². The summed E-state index contributed by atoms with van der Waals surface area (Å²) in [6.07, 6.45) is 4.63. The van der Waals surface area contributed by atoms with Crippen LogP contribution in [-0.4, -0.2) is 21.9 Å². The lowest BCUT2D eigenvalue weighted by Gasteiger charge is -2.24. The second kappa shape index (κ2) is 6.51. The van der Waals surface area contributed by atoms with Crippen LogP contribution < -0.4 is 11.1 Å². The van der Waals surface area contributed by atoms with Crippen LogP contribution in [0.25, 0.3) is 10.8 Å². The zero-order valence-corrected chi connectivity index (χ0v) is 13.9. The minimum absolute atomic E-state index is 0.0566. The van der Waals surface area contributed by atoms with E-state index in [1.54, 1.807) is 6.20 Å². The number of anilines is 1. The first kappa shape index (κ1) is 15.6. The first-order valence-corrected chi connectivity index (χ1v) is 8.55. The highest BCUT2D eigenvalue weighted by atomic mass is 16.1. The Bertz CT molecular complexity index is 933. The Kier molecular flexibility index (Phi) is 4.06. The molecule has 5 nitrogen and oxygen atoms in total. The molecule has 1 aliphatic carbocycles. The number of hydrogen-bond donors (Lipinski definition) is 2. The number of nitrogen functional groups attached to an aromatic ring is 1. The number of nitrogens with two attached hydrogens (primary N) is 1. The average molecular weight is 332 g/mol. The maximum absolute atomic E-state index is 12.5. The van der Waals surface area contributed by atoms with Gasteiger partial charge in [0.05, 0.1) is 6.42 Å². The van der Waals surface area contributed by atoms with Crippen LogP contribution in [0, 0.1) is 0 Å². The molecule has 0 bridgehead atoms. The molecule has 0 aliphatic heterocycles. The molecule has 0 saturated carbocycles. The van der Waals surface area contributed by atoms with Crippen molar-refractivity contribution in [1.29, 1.82) is 0 Å². The highest BCUT2D eigenvalue weighted by Crippen LogP contribution is 2.21. The van der Waals surface area contributed by atoms with E-state index in [2.05, 4.69) is 33.5 Å². The van der Waals surface area contributed by atoms with E-state index in [4.69, 9.17) is 5.73 Å². The maximum atomic E-state index is 12.5. The fourth-order valence-corrected chi connectivity index (χ4v) is 3.54. The van der Waals surface area contributed by atoms with Crippen molar-refractivity contribution in [3.8, 4) is 0 Å². The van der Waals surface area contributed by atoms with Crippen molar-refractivity contribution in [2.24, 2.45) is 0 Å². The number of hydrogen-bond acceptors (Lipinski definition) is 4. The standard InChI is InChI=1S/C20H20N4O/c21-20-22-12-15-10-16(8-9-18(15)24-20)23-19(25)11-14-6-3-5-13-4-1-2-7-17(13)14/h1-7,12,16H,8-11H2,(H,23,25)(H2,21,22,24). The van der Waals surface area contributed by atoms with Crippen LogP contribution in [0.15, 0.2) is 48.7 Å². The fourth-order valence-electron chi connectivity index (χ4n) is 3.54. The molecule has 1 aromatic heterocycles. The molecule has 4 rings (SSSR count). The first-order chi connectivity index (χ1) is 12.2. The van der Waals surface area contributed by atoms with Crippen molar-refractivity contribution < 1.29 is 4.79 Å². The van der Waals surface area contributed by atoms with Crippen LogP contribution in [0.2, 0.25) is 0 Å². The number of nitrogens with zero attached hydrogens (tertiary/aromatic N) is 2. The highest BCUT2D eigenvalue weighted by molar-refractivity contribution is 5.90. The van der Waals surface area contributed by atoms with Crippen molar-refractivity contribution in [3.63, 3.8) is 0 Å². The normalized spacial score (nSPS) is 16.4. The van der Waals surface area contributed by atoms with Gasteiger partial charge in [-0.15, -0.1) is 0 Å². The first-order valence-electron chi connectivity index (χ1n) is 8.55. The Morgan fingerprint density at radius 2 is 2.04 bits per heavy atom. The molecule has 1 unspecified atom stereocenters. The molecule has 2 aromatic carbocycles. The van der Waals surface area contributed by atoms with Crippen LogP contribution in [0.4, 0.5) is 5.95 Å². The number of aromatic nitrogens is 2. The number of carbonyl (C=O) groups excluding carboxylic acids is 1. The summed E-state index contributed by atoms with van der Waals surface area (Å²) in [6.45, 7) is 0. The van der Waals surface area contributed by atoms with Gasteiger partial charge in [0, 0.05) is 17.9 Å². The largest absolute Gasteiger partial charge is 0.368 e. The average Bonchev–Trinajstić information content (AvgIpc) is 2.62. The van der Waals surface area contributed by atoms with Gasteiger partial charge in [-0.2, -0.15) is 0 Å². The van der Waals surface area contributed by atoms with Gasteiger partial charge in [0.1, 0.15) is 0 Å². The summed E-state index contributed by atoms with van der Waals surface area (Å²) in [7, 11) is 0. The molecule has 0 radical (unpaired) electrons. The number of benzene rings is 2. The van der Waals surface area contributed by atoms with Crippen molar-refractivity contribution in [3.05, 3.63) is 65.5 Å². The topological polar surface area (TPSA) is 80.9 Å². The zero-order chi connectivity index (χ0) is 17.2. The zero-order valence-electron chi connectivity index (χ0n) is 13.9. The second-order valence-corrected chi connectivity index (χ2v) is 6.52. The molecule has 0 saturated heterocycles. The Labute approximate surface area is 146 Å². The SMILES string of the molecule is Nc1ncc2c(n1)CCC(NC(=O)Cc1cccc3ccccc13)C2. The van der Waals surface area contributed by atoms with Crippen molar-refractivity contribution in [2.45, 2.75) is 31.7 Å². The quantitative estimate of drug-likeness (QED) is 0.772. The summed E-state index contributed by atoms with van der Waals surface area (Å²) in [5.74, 6) is 0.373. The Balaban J connectivity index is 1.45. The molecule has 25 heavy (non-hydrogen) atoms. The van der Waals surface area contributed by atoms with Gasteiger partial charge in [-0.05, 0) is 41.2 Å². The van der Waals surface area contributed by atoms with Crippen LogP contribution in [-0.2, 0) is 24.1 Å². The van der Waals surface area contributed by atoms with E-state index in [9.17, 15) is 4.79 Å². The van der Waals surface area contributed by atoms with E-state index in [0.29, 0.717) is 12.4 Å². The molecule has 3 aromatic rings. The monoisotopic (exact) mass is 332 g/mol. The number of amides is 1. The van der Waals surface area contributed by atoms with Gasteiger partial charge in [0.15, 0.2) is 0 Å². The number of aryl methyl sites for hydroxylation is 1. The van der Waals surface area contributed by atoms with Crippen molar-refractivity contribution in [1.82, 2.24) is 15.3 Å². The molecule has 1 atom stereocenters. The summed E-state index contributed by atoms with van der Waals surface area (Å²) in [5.41, 5.74) is 8.78. The van der Waals surface area contributed by atoms with E-state index in [1.807, 2.05) is 24.3 Å². The van der Waals surface area contributed by atoms with E-state index in [1.165, 1.54) is 0 Å². The summed E-state index contributed by atoms with van der Waals surface area (Å²) in [4.78, 5) is 20.9. The molecule has 3 N–H and O–H groups in total. The van der Waals surface area contributed by atoms with E-state index in [-0.39, 0.29) is 11.9 Å². The van der Waals surface area contributed by atoms with E-state index < -0.39 is 0 Å². The highest BCUT2D eigenvalue weighted by Gasteiger charge is 2.22. The molecular formula is C20H20N4O. The second-order valence-electron chi connectivity index (χ2n) is 6.52. The van der Waals surface area contributed by atoms with Crippen molar-refractivity contribution in [2.75, 3.05) is 5.73 Å². The number of rotatable bonds is 3. The summed E-state index contributed by atoms with van der Waals surface area (Å²) in [6, 6.07) is 14.4. The summed E-state index contributed by atoms with van der Waals surface area (Å²) >= 11 is 0. The third-order valence-corrected chi connectivity index (χ3v) is 4.76. The fraction of sp³-hybridized carbons (Fsp3) is 0.250. The van der Waals surface area contributed by atoms with Crippen LogP contribution >= 0.6 is 0 Å². The molecule has 1 aliphatic rings. The number of fused-ring (bicyclic) bond motifs is 2. The maximum Gasteiger partial charge on any atom is 0.224 e. The Morgan fingerprint density at radius 3 is 2.96 bits per heavy atom. The lowest BCUT2D eigenvalue weighted by molar-refractivity contribution is -0.121. The van der Waals surface area contributed by atoms with Gasteiger partial charge in [-0.1, -0.05) is 42.5 Å². The molecule has 0 spiro atoms. The number of carbonyl (C=O) groups is 1. The third-order valence-electron chi connectivity index (χ3n) is 4.76. The van der Waals surface area contributed by atoms with Gasteiger partial charge in [0.25, 0.3) is 0 Å².